The summed E-state index contributed by atoms with van der Waals surface area (Å²) in [5.74, 6) is 1.51. The highest BCUT2D eigenvalue weighted by atomic mass is 79.9. The van der Waals surface area contributed by atoms with Gasteiger partial charge in [-0.15, -0.1) is 0 Å². The SMILES string of the molecule is COc1cc(/C=N/NC(=O)COc2ccc(C(C)(C)C)cc2Br)ccc1OC(C)C. The van der Waals surface area contributed by atoms with Crippen molar-refractivity contribution in [2.45, 2.75) is 46.1 Å². The highest BCUT2D eigenvalue weighted by Gasteiger charge is 2.15. The normalized spacial score (nSPS) is 11.6. The van der Waals surface area contributed by atoms with Crippen molar-refractivity contribution in [1.82, 2.24) is 5.43 Å². The van der Waals surface area contributed by atoms with Crippen LogP contribution in [0.5, 0.6) is 17.2 Å². The minimum absolute atomic E-state index is 0.0366. The van der Waals surface area contributed by atoms with Crippen molar-refractivity contribution in [3.05, 3.63) is 52.0 Å². The second-order valence-electron chi connectivity index (χ2n) is 8.05. The summed E-state index contributed by atoms with van der Waals surface area (Å²) in [5.41, 5.74) is 4.44. The molecule has 162 valence electrons. The second kappa shape index (κ2) is 10.5. The van der Waals surface area contributed by atoms with E-state index in [1.54, 1.807) is 13.2 Å². The monoisotopic (exact) mass is 476 g/mol. The van der Waals surface area contributed by atoms with E-state index in [2.05, 4.69) is 47.2 Å². The number of halogens is 1. The van der Waals surface area contributed by atoms with E-state index in [0.717, 1.165) is 10.0 Å². The summed E-state index contributed by atoms with van der Waals surface area (Å²) >= 11 is 3.50. The Hall–Kier alpha value is -2.54. The standard InChI is InChI=1S/C23H29BrN2O4/c1-15(2)30-20-9-7-16(11-21(20)28-6)13-25-26-22(27)14-29-19-10-8-17(12-18(19)24)23(3,4)5/h7-13,15H,14H2,1-6H3,(H,26,27)/b25-13+. The molecule has 2 aromatic rings. The van der Waals surface area contributed by atoms with Crippen molar-refractivity contribution in [2.75, 3.05) is 13.7 Å². The van der Waals surface area contributed by atoms with E-state index >= 15 is 0 Å². The maximum Gasteiger partial charge on any atom is 0.277 e. The summed E-state index contributed by atoms with van der Waals surface area (Å²) in [6.07, 6.45) is 1.58. The van der Waals surface area contributed by atoms with Gasteiger partial charge in [0, 0.05) is 0 Å². The summed E-state index contributed by atoms with van der Waals surface area (Å²) in [6.45, 7) is 10.2. The van der Waals surface area contributed by atoms with Gasteiger partial charge >= 0.3 is 0 Å². The first-order valence-electron chi connectivity index (χ1n) is 9.69. The van der Waals surface area contributed by atoms with Gasteiger partial charge in [0.1, 0.15) is 5.75 Å². The number of nitrogens with one attached hydrogen (secondary N) is 1. The van der Waals surface area contributed by atoms with Crippen molar-refractivity contribution < 1.29 is 19.0 Å². The lowest BCUT2D eigenvalue weighted by Gasteiger charge is -2.20. The second-order valence-corrected chi connectivity index (χ2v) is 8.91. The number of methoxy groups -OCH3 is 1. The first-order valence-corrected chi connectivity index (χ1v) is 10.5. The molecule has 0 fully saturated rings. The molecule has 0 saturated heterocycles. The molecular weight excluding hydrogens is 448 g/mol. The predicted octanol–water partition coefficient (Wildman–Crippen LogP) is 5.07. The fourth-order valence-corrected chi connectivity index (χ4v) is 3.05. The molecule has 2 rings (SSSR count). The van der Waals surface area contributed by atoms with Crippen LogP contribution in [0, 0.1) is 0 Å². The molecule has 0 bridgehead atoms. The molecule has 0 saturated carbocycles. The van der Waals surface area contributed by atoms with E-state index in [4.69, 9.17) is 14.2 Å². The average Bonchev–Trinajstić information content (AvgIpc) is 2.66. The Bertz CT molecular complexity index is 905. The summed E-state index contributed by atoms with van der Waals surface area (Å²) in [6, 6.07) is 11.3. The van der Waals surface area contributed by atoms with E-state index < -0.39 is 0 Å². The third-order valence-corrected chi connectivity index (χ3v) is 4.73. The number of hydrazone groups is 1. The molecule has 1 amide bonds. The van der Waals surface area contributed by atoms with E-state index in [1.807, 2.05) is 44.2 Å². The largest absolute Gasteiger partial charge is 0.493 e. The molecule has 2 aromatic carbocycles. The zero-order valence-corrected chi connectivity index (χ0v) is 19.9. The smallest absolute Gasteiger partial charge is 0.277 e. The number of hydrogen-bond donors (Lipinski definition) is 1. The Morgan fingerprint density at radius 2 is 1.83 bits per heavy atom. The van der Waals surface area contributed by atoms with Crippen LogP contribution in [0.15, 0.2) is 46.0 Å². The first-order chi connectivity index (χ1) is 14.1. The van der Waals surface area contributed by atoms with Crippen LogP contribution in [-0.2, 0) is 10.2 Å². The molecule has 1 N–H and O–H groups in total. The minimum atomic E-state index is -0.357. The maximum atomic E-state index is 12.0. The molecule has 0 aliphatic rings. The Morgan fingerprint density at radius 1 is 1.13 bits per heavy atom. The lowest BCUT2D eigenvalue weighted by molar-refractivity contribution is -0.123. The molecule has 0 unspecified atom stereocenters. The number of rotatable bonds is 8. The maximum absolute atomic E-state index is 12.0. The highest BCUT2D eigenvalue weighted by Crippen LogP contribution is 2.31. The van der Waals surface area contributed by atoms with Crippen molar-refractivity contribution in [3.8, 4) is 17.2 Å². The number of amides is 1. The molecule has 6 nitrogen and oxygen atoms in total. The zero-order chi connectivity index (χ0) is 22.3. The third-order valence-electron chi connectivity index (χ3n) is 4.11. The molecule has 0 radical (unpaired) electrons. The summed E-state index contributed by atoms with van der Waals surface area (Å²) in [4.78, 5) is 12.0. The average molecular weight is 477 g/mol. The van der Waals surface area contributed by atoms with E-state index in [-0.39, 0.29) is 24.0 Å². The van der Waals surface area contributed by atoms with E-state index in [9.17, 15) is 4.79 Å². The van der Waals surface area contributed by atoms with Crippen molar-refractivity contribution in [2.24, 2.45) is 5.10 Å². The quantitative estimate of drug-likeness (QED) is 0.426. The molecule has 0 atom stereocenters. The molecular formula is C23H29BrN2O4. The Morgan fingerprint density at radius 3 is 2.43 bits per heavy atom. The zero-order valence-electron chi connectivity index (χ0n) is 18.3. The molecule has 7 heteroatoms. The van der Waals surface area contributed by atoms with Crippen LogP contribution < -0.4 is 19.6 Å². The minimum Gasteiger partial charge on any atom is -0.493 e. The van der Waals surface area contributed by atoms with Gasteiger partial charge in [-0.1, -0.05) is 26.8 Å². The lowest BCUT2D eigenvalue weighted by atomic mass is 9.87. The van der Waals surface area contributed by atoms with Gasteiger partial charge < -0.3 is 14.2 Å². The van der Waals surface area contributed by atoms with E-state index in [1.165, 1.54) is 11.8 Å². The van der Waals surface area contributed by atoms with Crippen LogP contribution in [0.25, 0.3) is 0 Å². The molecule has 30 heavy (non-hydrogen) atoms. The summed E-state index contributed by atoms with van der Waals surface area (Å²) < 4.78 is 17.4. The molecule has 0 aromatic heterocycles. The van der Waals surface area contributed by atoms with Crippen molar-refractivity contribution in [1.29, 1.82) is 0 Å². The van der Waals surface area contributed by atoms with E-state index in [0.29, 0.717) is 17.2 Å². The topological polar surface area (TPSA) is 69.2 Å². The highest BCUT2D eigenvalue weighted by molar-refractivity contribution is 9.10. The number of carbonyl (C=O) groups is 1. The Balaban J connectivity index is 1.91. The van der Waals surface area contributed by atoms with Crippen LogP contribution in [0.1, 0.15) is 45.7 Å². The fourth-order valence-electron chi connectivity index (χ4n) is 2.55. The summed E-state index contributed by atoms with van der Waals surface area (Å²) in [7, 11) is 1.58. The van der Waals surface area contributed by atoms with Crippen LogP contribution in [0.4, 0.5) is 0 Å². The van der Waals surface area contributed by atoms with Crippen molar-refractivity contribution in [3.63, 3.8) is 0 Å². The van der Waals surface area contributed by atoms with Crippen LogP contribution in [-0.4, -0.2) is 31.9 Å². The van der Waals surface area contributed by atoms with Gasteiger partial charge in [0.2, 0.25) is 0 Å². The van der Waals surface area contributed by atoms with Crippen LogP contribution in [0.3, 0.4) is 0 Å². The Kier molecular flexibility index (Phi) is 8.29. The molecule has 0 spiro atoms. The van der Waals surface area contributed by atoms with Crippen LogP contribution in [0.2, 0.25) is 0 Å². The van der Waals surface area contributed by atoms with Gasteiger partial charge in [-0.3, -0.25) is 4.79 Å². The van der Waals surface area contributed by atoms with Gasteiger partial charge in [-0.25, -0.2) is 5.43 Å². The van der Waals surface area contributed by atoms with Crippen LogP contribution >= 0.6 is 15.9 Å². The van der Waals surface area contributed by atoms with Gasteiger partial charge in [-0.2, -0.15) is 5.10 Å². The van der Waals surface area contributed by atoms with Crippen molar-refractivity contribution >= 4 is 28.1 Å². The fraction of sp³-hybridized carbons (Fsp3) is 0.391. The molecule has 0 aliphatic heterocycles. The van der Waals surface area contributed by atoms with Gasteiger partial charge in [0.05, 0.1) is 23.9 Å². The molecule has 0 aliphatic carbocycles. The lowest BCUT2D eigenvalue weighted by Crippen LogP contribution is -2.24. The number of carbonyl (C=O) groups excluding carboxylic acids is 1. The molecule has 0 heterocycles. The van der Waals surface area contributed by atoms with Gasteiger partial charge in [0.15, 0.2) is 18.1 Å². The predicted molar refractivity (Wildman–Crippen MR) is 123 cm³/mol. The number of hydrogen-bond acceptors (Lipinski definition) is 5. The van der Waals surface area contributed by atoms with Gasteiger partial charge in [0.25, 0.3) is 5.91 Å². The third kappa shape index (κ3) is 7.06. The number of benzene rings is 2. The number of ether oxygens (including phenoxy) is 3. The van der Waals surface area contributed by atoms with Gasteiger partial charge in [-0.05, 0) is 76.7 Å². The number of nitrogens with zero attached hydrogens (tertiary/aromatic N) is 1. The Labute approximate surface area is 186 Å². The first kappa shape index (κ1) is 23.7. The summed E-state index contributed by atoms with van der Waals surface area (Å²) in [5, 5.41) is 3.98.